The molecule has 0 radical (unpaired) electrons. The van der Waals surface area contributed by atoms with Crippen molar-refractivity contribution in [1.29, 1.82) is 0 Å². The van der Waals surface area contributed by atoms with Gasteiger partial charge in [-0.05, 0) is 32.2 Å². The van der Waals surface area contributed by atoms with Crippen LogP contribution in [0, 0.1) is 0 Å². The zero-order valence-corrected chi connectivity index (χ0v) is 22.0. The van der Waals surface area contributed by atoms with Crippen molar-refractivity contribution in [2.75, 3.05) is 26.4 Å². The van der Waals surface area contributed by atoms with Crippen LogP contribution in [-0.4, -0.2) is 44.0 Å². The number of hydrogen-bond acceptors (Lipinski definition) is 5. The van der Waals surface area contributed by atoms with Crippen molar-refractivity contribution in [3.8, 4) is 0 Å². The van der Waals surface area contributed by atoms with Gasteiger partial charge < -0.3 is 21.8 Å². The van der Waals surface area contributed by atoms with Gasteiger partial charge in [0.15, 0.2) is 0 Å². The fourth-order valence-electron chi connectivity index (χ4n) is 2.29. The Balaban J connectivity index is 5.59. The molecule has 0 amide bonds. The molecule has 1 atom stereocenters. The molecule has 0 aliphatic heterocycles. The van der Waals surface area contributed by atoms with Crippen LogP contribution < -0.4 is 0 Å². The average Bonchev–Trinajstić information content (AvgIpc) is 2.62. The molecule has 0 N–H and O–H groups in total. The second-order valence-electron chi connectivity index (χ2n) is 8.61. The predicted molar refractivity (Wildman–Crippen MR) is 122 cm³/mol. The van der Waals surface area contributed by atoms with Crippen molar-refractivity contribution in [2.24, 2.45) is 0 Å². The van der Waals surface area contributed by atoms with E-state index in [9.17, 15) is 0 Å². The predicted octanol–water partition coefficient (Wildman–Crippen LogP) is 6.58. The van der Waals surface area contributed by atoms with E-state index in [-0.39, 0.29) is 5.04 Å². The Morgan fingerprint density at radius 1 is 0.571 bits per heavy atom. The third-order valence-electron chi connectivity index (χ3n) is 4.89. The first-order chi connectivity index (χ1) is 13.2. The van der Waals surface area contributed by atoms with Crippen LogP contribution in [-0.2, 0) is 21.8 Å². The van der Waals surface area contributed by atoms with Crippen LogP contribution in [0.2, 0.25) is 11.6 Å². The fraction of sp³-hybridized carbons (Fsp3) is 1.00. The summed E-state index contributed by atoms with van der Waals surface area (Å²) in [5.41, 5.74) is 0. The maximum atomic E-state index is 6.77. The molecule has 0 fully saturated rings. The molecule has 0 heterocycles. The molecule has 170 valence electrons. The standard InChI is InChI=1S/C21H48O5Si2/c1-9-13-17-22-27(8,21(5,6)7)26-28(23-18-14-10-2,24-19-15-11-3)25-20-16-12-4/h9-20H2,1-8H3. The molecule has 0 saturated heterocycles. The summed E-state index contributed by atoms with van der Waals surface area (Å²) in [5.74, 6) is 0. The van der Waals surface area contributed by atoms with Crippen molar-refractivity contribution >= 4 is 17.6 Å². The normalized spacial score (nSPS) is 15.0. The lowest BCUT2D eigenvalue weighted by Crippen LogP contribution is -2.61. The van der Waals surface area contributed by atoms with Gasteiger partial charge in [0.25, 0.3) is 0 Å². The van der Waals surface area contributed by atoms with Gasteiger partial charge in [-0.25, -0.2) is 0 Å². The van der Waals surface area contributed by atoms with Crippen LogP contribution in [0.4, 0.5) is 0 Å². The molecule has 0 rings (SSSR count). The van der Waals surface area contributed by atoms with Crippen LogP contribution in [0.3, 0.4) is 0 Å². The quantitative estimate of drug-likeness (QED) is 0.179. The second kappa shape index (κ2) is 15.1. The minimum Gasteiger partial charge on any atom is -0.394 e. The summed E-state index contributed by atoms with van der Waals surface area (Å²) in [7, 11) is -5.89. The zero-order chi connectivity index (χ0) is 21.5. The number of unbranched alkanes of at least 4 members (excludes halogenated alkanes) is 4. The van der Waals surface area contributed by atoms with Gasteiger partial charge in [0.05, 0.1) is 0 Å². The van der Waals surface area contributed by atoms with E-state index in [2.05, 4.69) is 55.0 Å². The minimum absolute atomic E-state index is 0.116. The zero-order valence-electron chi connectivity index (χ0n) is 20.0. The highest BCUT2D eigenvalue weighted by Crippen LogP contribution is 2.40. The number of rotatable bonds is 18. The van der Waals surface area contributed by atoms with E-state index < -0.39 is 17.6 Å². The van der Waals surface area contributed by atoms with Crippen LogP contribution in [0.25, 0.3) is 0 Å². The summed E-state index contributed by atoms with van der Waals surface area (Å²) in [6.45, 7) is 19.9. The first-order valence-electron chi connectivity index (χ1n) is 11.5. The van der Waals surface area contributed by atoms with E-state index in [1.807, 2.05) is 0 Å². The third kappa shape index (κ3) is 10.9. The molecule has 0 aliphatic rings. The Morgan fingerprint density at radius 2 is 0.893 bits per heavy atom. The lowest BCUT2D eigenvalue weighted by molar-refractivity contribution is -0.0159. The van der Waals surface area contributed by atoms with Gasteiger partial charge in [-0.3, -0.25) is 0 Å². The molecule has 0 aromatic heterocycles. The monoisotopic (exact) mass is 436 g/mol. The van der Waals surface area contributed by atoms with E-state index in [1.54, 1.807) is 0 Å². The largest absolute Gasteiger partial charge is 0.670 e. The van der Waals surface area contributed by atoms with Gasteiger partial charge >= 0.3 is 17.6 Å². The molecule has 7 heteroatoms. The van der Waals surface area contributed by atoms with Crippen molar-refractivity contribution in [1.82, 2.24) is 0 Å². The number of hydrogen-bond donors (Lipinski definition) is 0. The summed E-state index contributed by atoms with van der Waals surface area (Å²) in [6, 6.07) is 0. The van der Waals surface area contributed by atoms with Gasteiger partial charge in [-0.2, -0.15) is 0 Å². The Labute approximate surface area is 177 Å². The van der Waals surface area contributed by atoms with Crippen LogP contribution in [0.1, 0.15) is 99.8 Å². The Hall–Kier alpha value is 0.234. The van der Waals surface area contributed by atoms with Crippen molar-refractivity contribution in [2.45, 2.75) is 111 Å². The summed E-state index contributed by atoms with van der Waals surface area (Å²) >= 11 is 0. The van der Waals surface area contributed by atoms with E-state index in [4.69, 9.17) is 21.8 Å². The Morgan fingerprint density at radius 3 is 1.18 bits per heavy atom. The first kappa shape index (κ1) is 28.2. The maximum Gasteiger partial charge on any atom is 0.670 e. The summed E-state index contributed by atoms with van der Waals surface area (Å²) < 4.78 is 32.0. The lowest BCUT2D eigenvalue weighted by atomic mass is 10.3. The van der Waals surface area contributed by atoms with Crippen molar-refractivity contribution in [3.63, 3.8) is 0 Å². The van der Waals surface area contributed by atoms with Crippen LogP contribution >= 0.6 is 0 Å². The fourth-order valence-corrected chi connectivity index (χ4v) is 8.76. The van der Waals surface area contributed by atoms with E-state index >= 15 is 0 Å². The molecular formula is C21H48O5Si2. The van der Waals surface area contributed by atoms with Gasteiger partial charge in [-0.1, -0.05) is 74.1 Å². The van der Waals surface area contributed by atoms with Crippen molar-refractivity contribution < 1.29 is 21.8 Å². The molecule has 0 saturated carbocycles. The summed E-state index contributed by atoms with van der Waals surface area (Å²) in [4.78, 5) is 0. The molecule has 0 aromatic carbocycles. The third-order valence-corrected chi connectivity index (χ3v) is 12.6. The van der Waals surface area contributed by atoms with Gasteiger partial charge in [0.1, 0.15) is 0 Å². The Kier molecular flexibility index (Phi) is 15.2. The summed E-state index contributed by atoms with van der Waals surface area (Å²) in [5, 5.41) is -0.116. The van der Waals surface area contributed by atoms with Gasteiger partial charge in [0, 0.05) is 31.5 Å². The SMILES string of the molecule is CCCCO[Si](OCCCC)(OCCCC)O[Si](C)(OCCCC)C(C)(C)C. The average molecular weight is 437 g/mol. The van der Waals surface area contributed by atoms with Gasteiger partial charge in [-0.15, -0.1) is 0 Å². The molecule has 0 spiro atoms. The highest BCUT2D eigenvalue weighted by molar-refractivity contribution is 6.77. The first-order valence-corrected chi connectivity index (χ1v) is 15.4. The molecular weight excluding hydrogens is 388 g/mol. The molecule has 28 heavy (non-hydrogen) atoms. The van der Waals surface area contributed by atoms with E-state index in [0.29, 0.717) is 26.4 Å². The van der Waals surface area contributed by atoms with Crippen LogP contribution in [0.5, 0.6) is 0 Å². The molecule has 0 bridgehead atoms. The van der Waals surface area contributed by atoms with Crippen LogP contribution in [0.15, 0.2) is 0 Å². The molecule has 0 aromatic rings. The second-order valence-corrected chi connectivity index (χ2v) is 15.0. The molecule has 0 aliphatic carbocycles. The molecule has 5 nitrogen and oxygen atoms in total. The smallest absolute Gasteiger partial charge is 0.394 e. The minimum atomic E-state index is -3.28. The summed E-state index contributed by atoms with van der Waals surface area (Å²) in [6.07, 6.45) is 8.23. The van der Waals surface area contributed by atoms with Gasteiger partial charge in [0.2, 0.25) is 0 Å². The van der Waals surface area contributed by atoms with Crippen molar-refractivity contribution in [3.05, 3.63) is 0 Å². The van der Waals surface area contributed by atoms with E-state index in [0.717, 1.165) is 51.4 Å². The maximum absolute atomic E-state index is 6.77. The highest BCUT2D eigenvalue weighted by atomic mass is 28.5. The Bertz CT molecular complexity index is 350. The topological polar surface area (TPSA) is 46.2 Å². The molecule has 1 unspecified atom stereocenters. The van der Waals surface area contributed by atoms with E-state index in [1.165, 1.54) is 0 Å². The highest BCUT2D eigenvalue weighted by Gasteiger charge is 2.57. The lowest BCUT2D eigenvalue weighted by Gasteiger charge is -2.43.